The Morgan fingerprint density at radius 2 is 2.00 bits per heavy atom. The van der Waals surface area contributed by atoms with Crippen LogP contribution >= 0.6 is 11.8 Å². The van der Waals surface area contributed by atoms with Gasteiger partial charge in [0.1, 0.15) is 5.25 Å². The molecule has 22 heavy (non-hydrogen) atoms. The van der Waals surface area contributed by atoms with Gasteiger partial charge in [-0.3, -0.25) is 9.36 Å². The van der Waals surface area contributed by atoms with Crippen LogP contribution in [0.15, 0.2) is 29.4 Å². The summed E-state index contributed by atoms with van der Waals surface area (Å²) in [5.41, 5.74) is 2.34. The van der Waals surface area contributed by atoms with Crippen molar-refractivity contribution in [2.45, 2.75) is 30.8 Å². The summed E-state index contributed by atoms with van der Waals surface area (Å²) in [6.07, 6.45) is 0. The molecule has 1 unspecified atom stereocenters. The van der Waals surface area contributed by atoms with E-state index in [9.17, 15) is 4.79 Å². The maximum absolute atomic E-state index is 11.5. The quantitative estimate of drug-likeness (QED) is 0.637. The summed E-state index contributed by atoms with van der Waals surface area (Å²) in [6.45, 7) is 5.55. The van der Waals surface area contributed by atoms with Crippen LogP contribution in [0.2, 0.25) is 0 Å². The number of anilines is 2. The zero-order valence-corrected chi connectivity index (χ0v) is 13.6. The number of methoxy groups -OCH3 is 1. The number of esters is 1. The van der Waals surface area contributed by atoms with Crippen LogP contribution < -0.4 is 4.90 Å². The smallest absolute Gasteiger partial charge is 0.318 e. The highest BCUT2D eigenvalue weighted by Gasteiger charge is 2.28. The van der Waals surface area contributed by atoms with E-state index < -0.39 is 0 Å². The molecular formula is C15H18N4O2S. The van der Waals surface area contributed by atoms with E-state index in [1.807, 2.05) is 11.5 Å². The van der Waals surface area contributed by atoms with Crippen molar-refractivity contribution in [1.29, 1.82) is 0 Å². The van der Waals surface area contributed by atoms with Crippen LogP contribution in [0.3, 0.4) is 0 Å². The normalized spacial score (nSPS) is 14.8. The van der Waals surface area contributed by atoms with Crippen molar-refractivity contribution in [2.24, 2.45) is 0 Å². The Morgan fingerprint density at radius 3 is 2.68 bits per heavy atom. The molecule has 2 aromatic rings. The molecule has 0 N–H and O–H groups in total. The highest BCUT2D eigenvalue weighted by atomic mass is 32.2. The average Bonchev–Trinajstić information content (AvgIpc) is 3.10. The third-order valence-corrected chi connectivity index (χ3v) is 4.71. The Hall–Kier alpha value is -2.02. The fraction of sp³-hybridized carbons (Fsp3) is 0.400. The second-order valence-electron chi connectivity index (χ2n) is 5.20. The molecule has 1 aliphatic rings. The first kappa shape index (κ1) is 14.9. The molecule has 0 fully saturated rings. The second kappa shape index (κ2) is 6.00. The first-order valence-electron chi connectivity index (χ1n) is 7.12. The van der Waals surface area contributed by atoms with E-state index >= 15 is 0 Å². The number of fused-ring (bicyclic) bond motifs is 1. The molecule has 2 heterocycles. The summed E-state index contributed by atoms with van der Waals surface area (Å²) in [5.74, 6) is 0.569. The topological polar surface area (TPSA) is 60.2 Å². The van der Waals surface area contributed by atoms with Gasteiger partial charge in [-0.05, 0) is 26.0 Å². The number of hydrogen-bond acceptors (Lipinski definition) is 6. The largest absolute Gasteiger partial charge is 0.468 e. The Morgan fingerprint density at radius 1 is 1.27 bits per heavy atom. The van der Waals surface area contributed by atoms with Crippen molar-refractivity contribution in [3.63, 3.8) is 0 Å². The van der Waals surface area contributed by atoms with Gasteiger partial charge in [-0.25, -0.2) is 0 Å². The zero-order chi connectivity index (χ0) is 15.7. The molecule has 0 amide bonds. The van der Waals surface area contributed by atoms with Gasteiger partial charge in [-0.15, -0.1) is 10.2 Å². The Kier molecular flexibility index (Phi) is 4.06. The van der Waals surface area contributed by atoms with Crippen molar-refractivity contribution in [1.82, 2.24) is 14.8 Å². The molecule has 0 aliphatic carbocycles. The average molecular weight is 318 g/mol. The molecule has 7 heteroatoms. The van der Waals surface area contributed by atoms with E-state index in [1.165, 1.54) is 24.4 Å². The molecule has 1 aromatic heterocycles. The number of carbonyl (C=O) groups is 1. The summed E-state index contributed by atoms with van der Waals surface area (Å²) in [7, 11) is 1.40. The van der Waals surface area contributed by atoms with Crippen LogP contribution in [0.25, 0.3) is 0 Å². The Balaban J connectivity index is 1.82. The molecule has 0 spiro atoms. The molecule has 1 aliphatic heterocycles. The van der Waals surface area contributed by atoms with Gasteiger partial charge in [0.2, 0.25) is 5.95 Å². The van der Waals surface area contributed by atoms with Gasteiger partial charge in [0.25, 0.3) is 0 Å². The van der Waals surface area contributed by atoms with Gasteiger partial charge < -0.3 is 9.64 Å². The Bertz CT molecular complexity index is 683. The van der Waals surface area contributed by atoms with Crippen molar-refractivity contribution in [3.05, 3.63) is 29.8 Å². The van der Waals surface area contributed by atoms with Gasteiger partial charge in [-0.1, -0.05) is 29.5 Å². The minimum absolute atomic E-state index is 0.254. The SMILES string of the molecule is COC(=O)C(C)Sc1nnc2n1CCN2c1ccc(C)cc1. The molecule has 0 saturated carbocycles. The third kappa shape index (κ3) is 2.68. The van der Waals surface area contributed by atoms with E-state index in [4.69, 9.17) is 4.74 Å². The molecule has 6 nitrogen and oxygen atoms in total. The minimum atomic E-state index is -0.299. The van der Waals surface area contributed by atoms with Gasteiger partial charge >= 0.3 is 5.97 Å². The van der Waals surface area contributed by atoms with Crippen molar-refractivity contribution in [3.8, 4) is 0 Å². The summed E-state index contributed by atoms with van der Waals surface area (Å²) >= 11 is 1.38. The predicted octanol–water partition coefficient (Wildman–Crippen LogP) is 2.39. The van der Waals surface area contributed by atoms with Crippen LogP contribution in [-0.2, 0) is 16.1 Å². The lowest BCUT2D eigenvalue weighted by atomic mass is 10.2. The van der Waals surface area contributed by atoms with Crippen LogP contribution in [0.5, 0.6) is 0 Å². The first-order valence-corrected chi connectivity index (χ1v) is 8.00. The van der Waals surface area contributed by atoms with E-state index in [1.54, 1.807) is 0 Å². The summed E-state index contributed by atoms with van der Waals surface area (Å²) in [5, 5.41) is 8.95. The lowest BCUT2D eigenvalue weighted by Crippen LogP contribution is -2.15. The van der Waals surface area contributed by atoms with Crippen LogP contribution in [0, 0.1) is 6.92 Å². The fourth-order valence-electron chi connectivity index (χ4n) is 2.41. The molecular weight excluding hydrogens is 300 g/mol. The molecule has 0 radical (unpaired) electrons. The lowest BCUT2D eigenvalue weighted by molar-refractivity contribution is -0.139. The second-order valence-corrected chi connectivity index (χ2v) is 6.51. The van der Waals surface area contributed by atoms with E-state index in [2.05, 4.69) is 46.3 Å². The monoisotopic (exact) mass is 318 g/mol. The number of benzene rings is 1. The predicted molar refractivity (Wildman–Crippen MR) is 85.5 cm³/mol. The summed E-state index contributed by atoms with van der Waals surface area (Å²) < 4.78 is 6.80. The summed E-state index contributed by atoms with van der Waals surface area (Å²) in [4.78, 5) is 13.7. The fourth-order valence-corrected chi connectivity index (χ4v) is 3.30. The first-order chi connectivity index (χ1) is 10.6. The number of nitrogens with zero attached hydrogens (tertiary/aromatic N) is 4. The van der Waals surface area contributed by atoms with Gasteiger partial charge in [0.15, 0.2) is 5.16 Å². The van der Waals surface area contributed by atoms with Crippen molar-refractivity contribution >= 4 is 29.4 Å². The third-order valence-electron chi connectivity index (χ3n) is 3.65. The highest BCUT2D eigenvalue weighted by Crippen LogP contribution is 2.33. The number of carbonyl (C=O) groups excluding carboxylic acids is 1. The number of hydrogen-bond donors (Lipinski definition) is 0. The molecule has 1 atom stereocenters. The number of aromatic nitrogens is 3. The molecule has 0 bridgehead atoms. The summed E-state index contributed by atoms with van der Waals surface area (Å²) in [6, 6.07) is 8.35. The maximum atomic E-state index is 11.5. The molecule has 1 aromatic carbocycles. The van der Waals surface area contributed by atoms with E-state index in [0.717, 1.165) is 29.9 Å². The van der Waals surface area contributed by atoms with Gasteiger partial charge in [0, 0.05) is 18.8 Å². The number of rotatable bonds is 4. The molecule has 0 saturated heterocycles. The van der Waals surface area contributed by atoms with E-state index in [0.29, 0.717) is 0 Å². The zero-order valence-electron chi connectivity index (χ0n) is 12.8. The lowest BCUT2D eigenvalue weighted by Gasteiger charge is -2.15. The van der Waals surface area contributed by atoms with Crippen LogP contribution in [-0.4, -0.2) is 39.6 Å². The van der Waals surface area contributed by atoms with E-state index in [-0.39, 0.29) is 11.2 Å². The number of aryl methyl sites for hydroxylation is 1. The van der Waals surface area contributed by atoms with Crippen LogP contribution in [0.4, 0.5) is 11.6 Å². The van der Waals surface area contributed by atoms with Crippen molar-refractivity contribution in [2.75, 3.05) is 18.6 Å². The number of ether oxygens (including phenoxy) is 1. The van der Waals surface area contributed by atoms with Crippen molar-refractivity contribution < 1.29 is 9.53 Å². The van der Waals surface area contributed by atoms with Gasteiger partial charge in [0.05, 0.1) is 7.11 Å². The van der Waals surface area contributed by atoms with Gasteiger partial charge in [-0.2, -0.15) is 0 Å². The standard InChI is InChI=1S/C15H18N4O2S/c1-10-4-6-12(7-5-10)18-8-9-19-14(18)16-17-15(19)22-11(2)13(20)21-3/h4-7,11H,8-9H2,1-3H3. The highest BCUT2D eigenvalue weighted by molar-refractivity contribution is 8.00. The maximum Gasteiger partial charge on any atom is 0.318 e. The molecule has 3 rings (SSSR count). The molecule has 116 valence electrons. The minimum Gasteiger partial charge on any atom is -0.468 e. The Labute approximate surface area is 133 Å². The van der Waals surface area contributed by atoms with Crippen LogP contribution in [0.1, 0.15) is 12.5 Å². The number of thioether (sulfide) groups is 1.